The van der Waals surface area contributed by atoms with E-state index in [1.807, 2.05) is 10.3 Å². The topological polar surface area (TPSA) is 53.4 Å². The summed E-state index contributed by atoms with van der Waals surface area (Å²) >= 11 is 1.63. The molecule has 4 nitrogen and oxygen atoms in total. The minimum absolute atomic E-state index is 0.0407. The van der Waals surface area contributed by atoms with Crippen molar-refractivity contribution in [1.29, 1.82) is 0 Å². The minimum Gasteiger partial charge on any atom is -0.396 e. The van der Waals surface area contributed by atoms with Crippen molar-refractivity contribution in [2.75, 3.05) is 19.7 Å². The highest BCUT2D eigenvalue weighted by atomic mass is 32.1. The van der Waals surface area contributed by atoms with E-state index in [0.29, 0.717) is 13.0 Å². The molecule has 1 saturated heterocycles. The number of aliphatic hydroxyl groups is 1. The van der Waals surface area contributed by atoms with Gasteiger partial charge >= 0.3 is 0 Å². The molecule has 112 valence electrons. The summed E-state index contributed by atoms with van der Waals surface area (Å²) in [6.07, 6.45) is 2.39. The number of hydrogen-bond acceptors (Lipinski definition) is 4. The van der Waals surface area contributed by atoms with Gasteiger partial charge in [0.05, 0.1) is 17.1 Å². The Kier molecular flexibility index (Phi) is 4.81. The van der Waals surface area contributed by atoms with Gasteiger partial charge in [0.1, 0.15) is 0 Å². The van der Waals surface area contributed by atoms with E-state index in [2.05, 4.69) is 25.8 Å². The van der Waals surface area contributed by atoms with Gasteiger partial charge in [0, 0.05) is 30.5 Å². The van der Waals surface area contributed by atoms with E-state index in [1.165, 1.54) is 0 Å². The predicted molar refractivity (Wildman–Crippen MR) is 80.9 cm³/mol. The maximum absolute atomic E-state index is 12.3. The lowest BCUT2D eigenvalue weighted by Crippen LogP contribution is -2.41. The Morgan fingerprint density at radius 2 is 2.30 bits per heavy atom. The number of piperidine rings is 1. The summed E-state index contributed by atoms with van der Waals surface area (Å²) in [5.74, 6) is 0.377. The molecule has 1 amide bonds. The summed E-state index contributed by atoms with van der Waals surface area (Å²) in [5.41, 5.74) is 0.912. The number of rotatable bonds is 3. The molecule has 0 saturated carbocycles. The van der Waals surface area contributed by atoms with E-state index in [0.717, 1.165) is 30.1 Å². The SMILES string of the molecule is CC(C)(C)c1nc(CC(=O)N2CCCC(CO)C2)cs1. The maximum Gasteiger partial charge on any atom is 0.228 e. The van der Waals surface area contributed by atoms with Gasteiger partial charge in [-0.1, -0.05) is 20.8 Å². The molecular weight excluding hydrogens is 272 g/mol. The van der Waals surface area contributed by atoms with E-state index in [4.69, 9.17) is 0 Å². The van der Waals surface area contributed by atoms with Crippen LogP contribution in [0.25, 0.3) is 0 Å². The van der Waals surface area contributed by atoms with Crippen molar-refractivity contribution in [1.82, 2.24) is 9.88 Å². The summed E-state index contributed by atoms with van der Waals surface area (Å²) in [4.78, 5) is 18.7. The van der Waals surface area contributed by atoms with Gasteiger partial charge in [0.15, 0.2) is 0 Å². The summed E-state index contributed by atoms with van der Waals surface area (Å²) in [5, 5.41) is 12.3. The lowest BCUT2D eigenvalue weighted by Gasteiger charge is -2.31. The number of carbonyl (C=O) groups excluding carboxylic acids is 1. The van der Waals surface area contributed by atoms with Gasteiger partial charge in [-0.25, -0.2) is 4.98 Å². The fourth-order valence-corrected chi connectivity index (χ4v) is 3.35. The Morgan fingerprint density at radius 3 is 2.90 bits per heavy atom. The van der Waals surface area contributed by atoms with Gasteiger partial charge in [0.2, 0.25) is 5.91 Å². The Hall–Kier alpha value is -0.940. The summed E-state index contributed by atoms with van der Waals surface area (Å²) in [6.45, 7) is 8.07. The van der Waals surface area contributed by atoms with Gasteiger partial charge in [-0.2, -0.15) is 0 Å². The van der Waals surface area contributed by atoms with E-state index in [1.54, 1.807) is 11.3 Å². The van der Waals surface area contributed by atoms with Crippen LogP contribution in [0.1, 0.15) is 44.3 Å². The van der Waals surface area contributed by atoms with Crippen LogP contribution in [0.15, 0.2) is 5.38 Å². The summed E-state index contributed by atoms with van der Waals surface area (Å²) in [6, 6.07) is 0. The van der Waals surface area contributed by atoms with Crippen molar-refractivity contribution in [3.63, 3.8) is 0 Å². The standard InChI is InChI=1S/C15H24N2O2S/c1-15(2,3)14-16-12(10-20-14)7-13(19)17-6-4-5-11(8-17)9-18/h10-11,18H,4-9H2,1-3H3. The predicted octanol–water partition coefficient (Wildman–Crippen LogP) is 2.21. The fourth-order valence-electron chi connectivity index (χ4n) is 2.44. The maximum atomic E-state index is 12.3. The zero-order valence-corrected chi connectivity index (χ0v) is 13.4. The van der Waals surface area contributed by atoms with Crippen molar-refractivity contribution in [2.45, 2.75) is 45.4 Å². The molecule has 0 spiro atoms. The average molecular weight is 296 g/mol. The molecule has 0 aliphatic carbocycles. The lowest BCUT2D eigenvalue weighted by molar-refractivity contribution is -0.132. The third kappa shape index (κ3) is 3.79. The zero-order chi connectivity index (χ0) is 14.8. The van der Waals surface area contributed by atoms with E-state index < -0.39 is 0 Å². The fraction of sp³-hybridized carbons (Fsp3) is 0.733. The minimum atomic E-state index is 0.0407. The molecule has 0 radical (unpaired) electrons. The summed E-state index contributed by atoms with van der Waals surface area (Å²) in [7, 11) is 0. The van der Waals surface area contributed by atoms with Crippen molar-refractivity contribution < 1.29 is 9.90 Å². The second-order valence-corrected chi connectivity index (χ2v) is 7.46. The number of hydrogen-bond donors (Lipinski definition) is 1. The number of carbonyl (C=O) groups is 1. The van der Waals surface area contributed by atoms with Gasteiger partial charge < -0.3 is 10.0 Å². The third-order valence-corrected chi connectivity index (χ3v) is 4.97. The first-order chi connectivity index (χ1) is 9.40. The molecule has 1 aliphatic rings. The number of thiazole rings is 1. The van der Waals surface area contributed by atoms with E-state index in [9.17, 15) is 9.90 Å². The smallest absolute Gasteiger partial charge is 0.228 e. The van der Waals surface area contributed by atoms with Crippen LogP contribution in [0.3, 0.4) is 0 Å². The molecule has 1 aliphatic heterocycles. The highest BCUT2D eigenvalue weighted by Crippen LogP contribution is 2.26. The van der Waals surface area contributed by atoms with Gasteiger partial charge in [-0.3, -0.25) is 4.79 Å². The molecule has 20 heavy (non-hydrogen) atoms. The van der Waals surface area contributed by atoms with Crippen LogP contribution in [-0.4, -0.2) is 40.6 Å². The highest BCUT2D eigenvalue weighted by molar-refractivity contribution is 7.09. The largest absolute Gasteiger partial charge is 0.396 e. The van der Waals surface area contributed by atoms with Crippen molar-refractivity contribution >= 4 is 17.2 Å². The van der Waals surface area contributed by atoms with Crippen LogP contribution in [0, 0.1) is 5.92 Å². The van der Waals surface area contributed by atoms with E-state index in [-0.39, 0.29) is 23.8 Å². The first-order valence-corrected chi connectivity index (χ1v) is 8.11. The monoisotopic (exact) mass is 296 g/mol. The number of amides is 1. The first kappa shape index (κ1) is 15.4. The Balaban J connectivity index is 1.96. The third-order valence-electron chi connectivity index (χ3n) is 3.66. The van der Waals surface area contributed by atoms with Crippen molar-refractivity contribution in [3.05, 3.63) is 16.1 Å². The molecule has 1 N–H and O–H groups in total. The number of aromatic nitrogens is 1. The molecular formula is C15H24N2O2S. The molecule has 2 rings (SSSR count). The van der Waals surface area contributed by atoms with Crippen LogP contribution < -0.4 is 0 Å². The lowest BCUT2D eigenvalue weighted by atomic mass is 9.98. The number of nitrogens with zero attached hydrogens (tertiary/aromatic N) is 2. The van der Waals surface area contributed by atoms with Crippen molar-refractivity contribution in [2.24, 2.45) is 5.92 Å². The molecule has 1 atom stereocenters. The number of aliphatic hydroxyl groups excluding tert-OH is 1. The number of likely N-dealkylation sites (tertiary alicyclic amines) is 1. The molecule has 0 bridgehead atoms. The molecule has 5 heteroatoms. The molecule has 1 fully saturated rings. The van der Waals surface area contributed by atoms with Crippen LogP contribution in [-0.2, 0) is 16.6 Å². The molecule has 1 unspecified atom stereocenters. The normalized spacial score (nSPS) is 20.2. The molecule has 2 heterocycles. The second-order valence-electron chi connectivity index (χ2n) is 6.60. The van der Waals surface area contributed by atoms with Gasteiger partial charge in [-0.15, -0.1) is 11.3 Å². The van der Waals surface area contributed by atoms with Gasteiger partial charge in [0.25, 0.3) is 0 Å². The second kappa shape index (κ2) is 6.22. The Labute approximate surface area is 124 Å². The van der Waals surface area contributed by atoms with E-state index >= 15 is 0 Å². The summed E-state index contributed by atoms with van der Waals surface area (Å²) < 4.78 is 0. The Morgan fingerprint density at radius 1 is 1.55 bits per heavy atom. The zero-order valence-electron chi connectivity index (χ0n) is 12.6. The molecule has 0 aromatic carbocycles. The quantitative estimate of drug-likeness (QED) is 0.930. The average Bonchev–Trinajstić information content (AvgIpc) is 2.87. The van der Waals surface area contributed by atoms with Crippen LogP contribution in [0.4, 0.5) is 0 Å². The van der Waals surface area contributed by atoms with Crippen LogP contribution in [0.5, 0.6) is 0 Å². The highest BCUT2D eigenvalue weighted by Gasteiger charge is 2.24. The van der Waals surface area contributed by atoms with Crippen LogP contribution >= 0.6 is 11.3 Å². The first-order valence-electron chi connectivity index (χ1n) is 7.23. The van der Waals surface area contributed by atoms with Crippen LogP contribution in [0.2, 0.25) is 0 Å². The van der Waals surface area contributed by atoms with Gasteiger partial charge in [-0.05, 0) is 18.8 Å². The molecule has 1 aromatic rings. The Bertz CT molecular complexity index is 465. The molecule has 1 aromatic heterocycles. The van der Waals surface area contributed by atoms with Crippen molar-refractivity contribution in [3.8, 4) is 0 Å².